The number of aliphatic hydroxyl groups excluding tert-OH is 1. The van der Waals surface area contributed by atoms with E-state index in [4.69, 9.17) is 10.8 Å². The van der Waals surface area contributed by atoms with Crippen LogP contribution < -0.4 is 5.73 Å². The first kappa shape index (κ1) is 8.07. The molecule has 0 fully saturated rings. The maximum Gasteiger partial charge on any atom is 0.200 e. The fourth-order valence-electron chi connectivity index (χ4n) is 1.11. The molecule has 11 heavy (non-hydrogen) atoms. The summed E-state index contributed by atoms with van der Waals surface area (Å²) in [6.45, 7) is 2.95. The van der Waals surface area contributed by atoms with E-state index in [1.807, 2.05) is 11.5 Å². The van der Waals surface area contributed by atoms with Gasteiger partial charge in [0.25, 0.3) is 0 Å². The summed E-state index contributed by atoms with van der Waals surface area (Å²) in [5.74, 6) is 0.524. The molecule has 0 aromatic carbocycles. The van der Waals surface area contributed by atoms with Gasteiger partial charge in [-0.3, -0.25) is 0 Å². The van der Waals surface area contributed by atoms with E-state index >= 15 is 0 Å². The molecule has 1 aromatic heterocycles. The second kappa shape index (κ2) is 3.39. The van der Waals surface area contributed by atoms with Crippen LogP contribution in [-0.2, 0) is 13.0 Å². The van der Waals surface area contributed by atoms with Gasteiger partial charge in [0.2, 0.25) is 0 Å². The Bertz CT molecular complexity index is 232. The van der Waals surface area contributed by atoms with E-state index in [2.05, 4.69) is 4.98 Å². The molecular weight excluding hydrogens is 142 g/mol. The zero-order chi connectivity index (χ0) is 8.27. The van der Waals surface area contributed by atoms with Crippen molar-refractivity contribution >= 4 is 5.95 Å². The molecule has 0 bridgehead atoms. The summed E-state index contributed by atoms with van der Waals surface area (Å²) in [6.07, 6.45) is 2.33. The topological polar surface area (TPSA) is 64.1 Å². The summed E-state index contributed by atoms with van der Waals surface area (Å²) in [5, 5.41) is 8.67. The summed E-state index contributed by atoms with van der Waals surface area (Å²) in [5.41, 5.74) is 6.55. The summed E-state index contributed by atoms with van der Waals surface area (Å²) in [4.78, 5) is 3.94. The third-order valence-electron chi connectivity index (χ3n) is 1.65. The number of aromatic nitrogens is 2. The van der Waals surface area contributed by atoms with Crippen LogP contribution in [0.3, 0.4) is 0 Å². The molecule has 62 valence electrons. The van der Waals surface area contributed by atoms with Crippen molar-refractivity contribution in [3.05, 3.63) is 11.9 Å². The second-order valence-corrected chi connectivity index (χ2v) is 2.33. The molecule has 0 saturated carbocycles. The zero-order valence-electron chi connectivity index (χ0n) is 6.62. The van der Waals surface area contributed by atoms with Crippen LogP contribution in [0.4, 0.5) is 5.95 Å². The quantitative estimate of drug-likeness (QED) is 0.646. The number of nitrogens with zero attached hydrogens (tertiary/aromatic N) is 2. The van der Waals surface area contributed by atoms with E-state index in [0.29, 0.717) is 12.4 Å². The average molecular weight is 155 g/mol. The van der Waals surface area contributed by atoms with Gasteiger partial charge in [0.1, 0.15) is 0 Å². The van der Waals surface area contributed by atoms with Gasteiger partial charge in [-0.25, -0.2) is 4.98 Å². The lowest BCUT2D eigenvalue weighted by Crippen LogP contribution is -2.06. The van der Waals surface area contributed by atoms with Crippen LogP contribution in [0.2, 0.25) is 0 Å². The van der Waals surface area contributed by atoms with Gasteiger partial charge in [-0.05, 0) is 6.92 Å². The molecule has 4 heteroatoms. The Morgan fingerprint density at radius 1 is 1.73 bits per heavy atom. The van der Waals surface area contributed by atoms with Crippen LogP contribution >= 0.6 is 0 Å². The predicted octanol–water partition coefficient (Wildman–Crippen LogP) is 0.0200. The van der Waals surface area contributed by atoms with Crippen molar-refractivity contribution in [1.29, 1.82) is 0 Å². The normalized spacial score (nSPS) is 10.4. The maximum atomic E-state index is 8.67. The van der Waals surface area contributed by atoms with Crippen molar-refractivity contribution in [1.82, 2.24) is 9.55 Å². The molecule has 1 rings (SSSR count). The Balaban J connectivity index is 2.86. The van der Waals surface area contributed by atoms with Gasteiger partial charge in [0, 0.05) is 25.3 Å². The molecular formula is C7H13N3O. The van der Waals surface area contributed by atoms with Crippen molar-refractivity contribution in [2.24, 2.45) is 0 Å². The highest BCUT2D eigenvalue weighted by molar-refractivity contribution is 5.22. The van der Waals surface area contributed by atoms with Gasteiger partial charge in [-0.15, -0.1) is 0 Å². The van der Waals surface area contributed by atoms with Crippen LogP contribution in [-0.4, -0.2) is 21.3 Å². The van der Waals surface area contributed by atoms with E-state index < -0.39 is 0 Å². The molecule has 0 amide bonds. The summed E-state index contributed by atoms with van der Waals surface area (Å²) < 4.78 is 1.89. The number of aliphatic hydroxyl groups is 1. The minimum atomic E-state index is 0.144. The minimum absolute atomic E-state index is 0.144. The predicted molar refractivity (Wildman–Crippen MR) is 43.1 cm³/mol. The molecule has 0 unspecified atom stereocenters. The molecule has 1 aromatic rings. The van der Waals surface area contributed by atoms with Gasteiger partial charge in [0.05, 0.1) is 6.20 Å². The van der Waals surface area contributed by atoms with Crippen molar-refractivity contribution in [2.45, 2.75) is 19.9 Å². The largest absolute Gasteiger partial charge is 0.396 e. The van der Waals surface area contributed by atoms with Gasteiger partial charge >= 0.3 is 0 Å². The molecule has 0 radical (unpaired) electrons. The Morgan fingerprint density at radius 2 is 2.45 bits per heavy atom. The maximum absolute atomic E-state index is 8.67. The third-order valence-corrected chi connectivity index (χ3v) is 1.65. The first-order valence-electron chi connectivity index (χ1n) is 3.70. The molecule has 0 spiro atoms. The van der Waals surface area contributed by atoms with Crippen LogP contribution in [0, 0.1) is 0 Å². The third kappa shape index (κ3) is 1.51. The van der Waals surface area contributed by atoms with Gasteiger partial charge in [0.15, 0.2) is 5.95 Å². The lowest BCUT2D eigenvalue weighted by atomic mass is 10.3. The van der Waals surface area contributed by atoms with E-state index in [0.717, 1.165) is 12.2 Å². The van der Waals surface area contributed by atoms with Crippen molar-refractivity contribution in [2.75, 3.05) is 12.3 Å². The van der Waals surface area contributed by atoms with Crippen molar-refractivity contribution < 1.29 is 5.11 Å². The molecule has 3 N–H and O–H groups in total. The lowest BCUT2D eigenvalue weighted by Gasteiger charge is -2.04. The summed E-state index contributed by atoms with van der Waals surface area (Å²) >= 11 is 0. The number of anilines is 1. The van der Waals surface area contributed by atoms with Crippen LogP contribution in [0.1, 0.15) is 12.6 Å². The fourth-order valence-corrected chi connectivity index (χ4v) is 1.11. The van der Waals surface area contributed by atoms with Crippen molar-refractivity contribution in [3.8, 4) is 0 Å². The van der Waals surface area contributed by atoms with Gasteiger partial charge in [-0.2, -0.15) is 0 Å². The first-order valence-corrected chi connectivity index (χ1v) is 3.70. The number of hydrogen-bond acceptors (Lipinski definition) is 3. The molecule has 1 heterocycles. The van der Waals surface area contributed by atoms with E-state index in [1.54, 1.807) is 6.20 Å². The first-order chi connectivity index (χ1) is 5.29. The highest BCUT2D eigenvalue weighted by atomic mass is 16.3. The second-order valence-electron chi connectivity index (χ2n) is 2.33. The number of hydrogen-bond donors (Lipinski definition) is 2. The molecule has 0 aliphatic heterocycles. The van der Waals surface area contributed by atoms with Crippen LogP contribution in [0.25, 0.3) is 0 Å². The lowest BCUT2D eigenvalue weighted by molar-refractivity contribution is 0.296. The zero-order valence-corrected chi connectivity index (χ0v) is 6.62. The Hall–Kier alpha value is -1.03. The Kier molecular flexibility index (Phi) is 2.48. The highest BCUT2D eigenvalue weighted by Crippen LogP contribution is 2.06. The Morgan fingerprint density at radius 3 is 3.00 bits per heavy atom. The number of rotatable bonds is 3. The molecule has 0 saturated heterocycles. The standard InChI is InChI=1S/C7H13N3O/c1-2-10-6(3-4-11)5-9-7(10)8/h5,11H,2-4H2,1H3,(H2,8,9). The highest BCUT2D eigenvalue weighted by Gasteiger charge is 2.03. The van der Waals surface area contributed by atoms with E-state index in [9.17, 15) is 0 Å². The molecule has 0 aliphatic rings. The van der Waals surface area contributed by atoms with Gasteiger partial charge in [-0.1, -0.05) is 0 Å². The summed E-state index contributed by atoms with van der Waals surface area (Å²) in [6, 6.07) is 0. The van der Waals surface area contributed by atoms with E-state index in [-0.39, 0.29) is 6.61 Å². The monoisotopic (exact) mass is 155 g/mol. The van der Waals surface area contributed by atoms with E-state index in [1.165, 1.54) is 0 Å². The molecule has 0 atom stereocenters. The smallest absolute Gasteiger partial charge is 0.200 e. The minimum Gasteiger partial charge on any atom is -0.396 e. The van der Waals surface area contributed by atoms with Crippen LogP contribution in [0.5, 0.6) is 0 Å². The van der Waals surface area contributed by atoms with Crippen molar-refractivity contribution in [3.63, 3.8) is 0 Å². The number of nitrogens with two attached hydrogens (primary N) is 1. The number of nitrogen functional groups attached to an aromatic ring is 1. The SMILES string of the molecule is CCn1c(CCO)cnc1N. The van der Waals surface area contributed by atoms with Crippen LogP contribution in [0.15, 0.2) is 6.20 Å². The molecule has 0 aliphatic carbocycles. The number of imidazole rings is 1. The molecule has 4 nitrogen and oxygen atoms in total. The fraction of sp³-hybridized carbons (Fsp3) is 0.571. The van der Waals surface area contributed by atoms with Gasteiger partial charge < -0.3 is 15.4 Å². The average Bonchev–Trinajstić information content (AvgIpc) is 2.33. The summed E-state index contributed by atoms with van der Waals surface area (Å²) in [7, 11) is 0. The Labute approximate surface area is 65.7 Å².